The molecule has 1 unspecified atom stereocenters. The summed E-state index contributed by atoms with van der Waals surface area (Å²) in [6, 6.07) is 4.69. The SMILES string of the molecule is COC(=O)CC(B1OC(C)(C)C(C)(C)O1)c1c(F)cccc1Br. The van der Waals surface area contributed by atoms with Crippen LogP contribution in [0.5, 0.6) is 0 Å². The summed E-state index contributed by atoms with van der Waals surface area (Å²) < 4.78 is 31.8. The first-order chi connectivity index (χ1) is 10.6. The molecule has 1 heterocycles. The monoisotopic (exact) mass is 386 g/mol. The van der Waals surface area contributed by atoms with Gasteiger partial charge in [-0.25, -0.2) is 4.39 Å². The molecule has 2 rings (SSSR count). The lowest BCUT2D eigenvalue weighted by Crippen LogP contribution is -2.41. The molecule has 7 heteroatoms. The number of rotatable bonds is 4. The van der Waals surface area contributed by atoms with Crippen molar-refractivity contribution in [1.82, 2.24) is 0 Å². The van der Waals surface area contributed by atoms with E-state index in [1.165, 1.54) is 13.2 Å². The third kappa shape index (κ3) is 3.62. The zero-order valence-electron chi connectivity index (χ0n) is 14.0. The molecule has 1 fully saturated rings. The van der Waals surface area contributed by atoms with Crippen LogP contribution in [0.2, 0.25) is 0 Å². The van der Waals surface area contributed by atoms with Gasteiger partial charge in [-0.1, -0.05) is 22.0 Å². The molecule has 1 saturated heterocycles. The first kappa shape index (κ1) is 18.4. The fourth-order valence-electron chi connectivity index (χ4n) is 2.52. The number of hydrogen-bond donors (Lipinski definition) is 0. The number of methoxy groups -OCH3 is 1. The Labute approximate surface area is 145 Å². The molecule has 1 aromatic carbocycles. The van der Waals surface area contributed by atoms with Crippen LogP contribution in [-0.2, 0) is 18.8 Å². The summed E-state index contributed by atoms with van der Waals surface area (Å²) in [6.07, 6.45) is -0.0349. The molecule has 0 N–H and O–H groups in total. The molecule has 0 aliphatic carbocycles. The van der Waals surface area contributed by atoms with Crippen molar-refractivity contribution in [3.05, 3.63) is 34.1 Å². The molecule has 4 nitrogen and oxygen atoms in total. The maximum absolute atomic E-state index is 14.4. The molecule has 0 bridgehead atoms. The van der Waals surface area contributed by atoms with Gasteiger partial charge in [-0.3, -0.25) is 4.79 Å². The van der Waals surface area contributed by atoms with Gasteiger partial charge in [0.15, 0.2) is 0 Å². The summed E-state index contributed by atoms with van der Waals surface area (Å²) in [7, 11) is 0.562. The van der Waals surface area contributed by atoms with Gasteiger partial charge in [0.1, 0.15) is 5.82 Å². The standard InChI is InChI=1S/C16H21BBrFO4/c1-15(2)16(3,4)23-17(22-15)10(9-13(20)21-5)14-11(18)7-6-8-12(14)19/h6-8,10H,9H2,1-5H3. The van der Waals surface area contributed by atoms with Crippen LogP contribution >= 0.6 is 15.9 Å². The van der Waals surface area contributed by atoms with Crippen molar-refractivity contribution >= 4 is 29.0 Å². The largest absolute Gasteiger partial charge is 0.469 e. The van der Waals surface area contributed by atoms with Crippen molar-refractivity contribution in [1.29, 1.82) is 0 Å². The quantitative estimate of drug-likeness (QED) is 0.582. The minimum atomic E-state index is -0.743. The fraction of sp³-hybridized carbons (Fsp3) is 0.562. The van der Waals surface area contributed by atoms with Gasteiger partial charge in [-0.05, 0) is 39.8 Å². The van der Waals surface area contributed by atoms with Gasteiger partial charge in [-0.2, -0.15) is 0 Å². The molecule has 0 aromatic heterocycles. The van der Waals surface area contributed by atoms with Crippen LogP contribution in [0, 0.1) is 5.82 Å². The van der Waals surface area contributed by atoms with Crippen LogP contribution in [0.3, 0.4) is 0 Å². The fourth-order valence-corrected chi connectivity index (χ4v) is 3.15. The van der Waals surface area contributed by atoms with E-state index in [0.717, 1.165) is 0 Å². The summed E-state index contributed by atoms with van der Waals surface area (Å²) in [4.78, 5) is 11.8. The highest BCUT2D eigenvalue weighted by Crippen LogP contribution is 2.43. The molecule has 126 valence electrons. The third-order valence-electron chi connectivity index (χ3n) is 4.58. The Hall–Kier alpha value is -0.915. The Morgan fingerprint density at radius 3 is 2.35 bits per heavy atom. The van der Waals surface area contributed by atoms with Gasteiger partial charge in [-0.15, -0.1) is 0 Å². The topological polar surface area (TPSA) is 44.8 Å². The van der Waals surface area contributed by atoms with Crippen molar-refractivity contribution in [2.45, 2.75) is 51.1 Å². The number of halogens is 2. The normalized spacial score (nSPS) is 20.4. The van der Waals surface area contributed by atoms with Gasteiger partial charge in [0.05, 0.1) is 24.7 Å². The van der Waals surface area contributed by atoms with Gasteiger partial charge < -0.3 is 14.0 Å². The number of carbonyl (C=O) groups is 1. The van der Waals surface area contributed by atoms with Crippen LogP contribution in [0.15, 0.2) is 22.7 Å². The van der Waals surface area contributed by atoms with E-state index in [1.807, 2.05) is 27.7 Å². The van der Waals surface area contributed by atoms with Crippen molar-refractivity contribution < 1.29 is 23.2 Å². The zero-order valence-corrected chi connectivity index (χ0v) is 15.6. The summed E-state index contributed by atoms with van der Waals surface area (Å²) in [5.74, 6) is -1.47. The number of hydrogen-bond acceptors (Lipinski definition) is 4. The predicted octanol–water partition coefficient (Wildman–Crippen LogP) is 3.87. The maximum atomic E-state index is 14.4. The van der Waals surface area contributed by atoms with E-state index in [4.69, 9.17) is 14.0 Å². The predicted molar refractivity (Wildman–Crippen MR) is 89.6 cm³/mol. The van der Waals surface area contributed by atoms with E-state index in [9.17, 15) is 9.18 Å². The van der Waals surface area contributed by atoms with E-state index < -0.39 is 35.9 Å². The van der Waals surface area contributed by atoms with E-state index in [2.05, 4.69) is 15.9 Å². The van der Waals surface area contributed by atoms with Gasteiger partial charge >= 0.3 is 13.1 Å². The molecular formula is C16H21BBrFO4. The number of ether oxygens (including phenoxy) is 1. The van der Waals surface area contributed by atoms with E-state index >= 15 is 0 Å². The Kier molecular flexibility index (Phi) is 5.23. The molecular weight excluding hydrogens is 366 g/mol. The van der Waals surface area contributed by atoms with Gasteiger partial charge in [0.2, 0.25) is 0 Å². The van der Waals surface area contributed by atoms with Crippen molar-refractivity contribution in [2.24, 2.45) is 0 Å². The lowest BCUT2D eigenvalue weighted by Gasteiger charge is -2.32. The number of benzene rings is 1. The Balaban J connectivity index is 2.42. The molecule has 0 radical (unpaired) electrons. The molecule has 0 saturated carbocycles. The lowest BCUT2D eigenvalue weighted by atomic mass is 9.66. The summed E-state index contributed by atoms with van der Waals surface area (Å²) >= 11 is 3.36. The van der Waals surface area contributed by atoms with Crippen LogP contribution in [0.4, 0.5) is 4.39 Å². The molecule has 0 amide bonds. The molecule has 23 heavy (non-hydrogen) atoms. The molecule has 1 atom stereocenters. The molecule has 1 aromatic rings. The zero-order chi connectivity index (χ0) is 17.4. The van der Waals surface area contributed by atoms with E-state index in [-0.39, 0.29) is 6.42 Å². The molecule has 1 aliphatic heterocycles. The summed E-state index contributed by atoms with van der Waals surface area (Å²) in [5.41, 5.74) is -0.774. The Bertz CT molecular complexity index is 569. The third-order valence-corrected chi connectivity index (χ3v) is 5.28. The second-order valence-electron chi connectivity index (χ2n) is 6.65. The molecule has 1 aliphatic rings. The average molecular weight is 387 g/mol. The van der Waals surface area contributed by atoms with Crippen LogP contribution < -0.4 is 0 Å². The summed E-state index contributed by atoms with van der Waals surface area (Å²) in [5, 5.41) is 0. The molecule has 0 spiro atoms. The second-order valence-corrected chi connectivity index (χ2v) is 7.50. The van der Waals surface area contributed by atoms with E-state index in [1.54, 1.807) is 12.1 Å². The Morgan fingerprint density at radius 2 is 1.87 bits per heavy atom. The maximum Gasteiger partial charge on any atom is 0.466 e. The highest BCUT2D eigenvalue weighted by Gasteiger charge is 2.55. The lowest BCUT2D eigenvalue weighted by molar-refractivity contribution is -0.140. The minimum absolute atomic E-state index is 0.0349. The number of carbonyl (C=O) groups excluding carboxylic acids is 1. The van der Waals surface area contributed by atoms with Gasteiger partial charge in [0.25, 0.3) is 0 Å². The highest BCUT2D eigenvalue weighted by atomic mass is 79.9. The van der Waals surface area contributed by atoms with Crippen LogP contribution in [-0.4, -0.2) is 31.4 Å². The minimum Gasteiger partial charge on any atom is -0.469 e. The second kappa shape index (κ2) is 6.53. The highest BCUT2D eigenvalue weighted by molar-refractivity contribution is 9.10. The first-order valence-electron chi connectivity index (χ1n) is 7.45. The number of esters is 1. The average Bonchev–Trinajstić information content (AvgIpc) is 2.65. The van der Waals surface area contributed by atoms with Gasteiger partial charge in [0, 0.05) is 15.9 Å². The van der Waals surface area contributed by atoms with Crippen molar-refractivity contribution in [3.63, 3.8) is 0 Å². The first-order valence-corrected chi connectivity index (χ1v) is 8.24. The smallest absolute Gasteiger partial charge is 0.466 e. The van der Waals surface area contributed by atoms with E-state index in [0.29, 0.717) is 10.0 Å². The van der Waals surface area contributed by atoms with Crippen molar-refractivity contribution in [3.8, 4) is 0 Å². The summed E-state index contributed by atoms with van der Waals surface area (Å²) in [6.45, 7) is 7.66. The van der Waals surface area contributed by atoms with Crippen molar-refractivity contribution in [2.75, 3.05) is 7.11 Å². The van der Waals surface area contributed by atoms with Crippen LogP contribution in [0.1, 0.15) is 45.5 Å². The Morgan fingerprint density at radius 1 is 1.30 bits per heavy atom. The van der Waals surface area contributed by atoms with Crippen LogP contribution in [0.25, 0.3) is 0 Å².